The predicted octanol–water partition coefficient (Wildman–Crippen LogP) is 2.25. The number of nitrogens with zero attached hydrogens (tertiary/aromatic N) is 1. The Labute approximate surface area is 118 Å². The molecule has 0 aromatic heterocycles. The van der Waals surface area contributed by atoms with Gasteiger partial charge in [0.25, 0.3) is 5.92 Å². The molecule has 1 saturated heterocycles. The quantitative estimate of drug-likeness (QED) is 0.897. The number of piperazine rings is 1. The lowest BCUT2D eigenvalue weighted by molar-refractivity contribution is 0.0140. The maximum Gasteiger partial charge on any atom is 0.274 e. The molecule has 0 spiro atoms. The number of rotatable bonds is 5. The van der Waals surface area contributed by atoms with Crippen LogP contribution < -0.4 is 10.1 Å². The lowest BCUT2D eigenvalue weighted by atomic mass is 9.98. The van der Waals surface area contributed by atoms with E-state index in [1.807, 2.05) is 0 Å². The highest BCUT2D eigenvalue weighted by molar-refractivity contribution is 5.43. The molecule has 0 saturated carbocycles. The average molecular weight is 284 g/mol. The highest BCUT2D eigenvalue weighted by atomic mass is 19.3. The van der Waals surface area contributed by atoms with E-state index in [1.54, 1.807) is 18.2 Å². The Bertz CT molecular complexity index is 440. The number of benzene rings is 1. The van der Waals surface area contributed by atoms with Crippen molar-refractivity contribution in [3.8, 4) is 5.75 Å². The van der Waals surface area contributed by atoms with Gasteiger partial charge in [-0.3, -0.25) is 0 Å². The van der Waals surface area contributed by atoms with Gasteiger partial charge in [0.05, 0.1) is 12.7 Å². The molecule has 0 amide bonds. The predicted molar refractivity (Wildman–Crippen MR) is 75.6 cm³/mol. The van der Waals surface area contributed by atoms with Crippen LogP contribution in [0.25, 0.3) is 0 Å². The zero-order valence-electron chi connectivity index (χ0n) is 12.1. The van der Waals surface area contributed by atoms with E-state index in [4.69, 9.17) is 4.74 Å². The summed E-state index contributed by atoms with van der Waals surface area (Å²) in [4.78, 5) is 2.30. The topological polar surface area (TPSA) is 24.5 Å². The fourth-order valence-electron chi connectivity index (χ4n) is 2.67. The van der Waals surface area contributed by atoms with Crippen LogP contribution in [0.5, 0.6) is 5.75 Å². The molecule has 2 rings (SSSR count). The van der Waals surface area contributed by atoms with Gasteiger partial charge in [-0.15, -0.1) is 0 Å². The minimum Gasteiger partial charge on any atom is -0.496 e. The maximum absolute atomic E-state index is 13.8. The summed E-state index contributed by atoms with van der Waals surface area (Å²) in [5, 5.41) is 3.29. The molecule has 1 aliphatic heterocycles. The molecule has 0 unspecified atom stereocenters. The lowest BCUT2D eigenvalue weighted by Crippen LogP contribution is -2.44. The highest BCUT2D eigenvalue weighted by Gasteiger charge is 2.31. The number of ether oxygens (including phenoxy) is 1. The summed E-state index contributed by atoms with van der Waals surface area (Å²) in [5.74, 6) is -2.61. The SMILES string of the molecule is COc1cccc(CCN2CCNCC2)c1C(C)(F)F. The van der Waals surface area contributed by atoms with Crippen LogP contribution in [0.3, 0.4) is 0 Å². The van der Waals surface area contributed by atoms with Crippen molar-refractivity contribution in [3.05, 3.63) is 29.3 Å². The van der Waals surface area contributed by atoms with Crippen LogP contribution >= 0.6 is 0 Å². The Morgan fingerprint density at radius 2 is 2.00 bits per heavy atom. The lowest BCUT2D eigenvalue weighted by Gasteiger charge is -2.28. The van der Waals surface area contributed by atoms with Crippen LogP contribution in [-0.4, -0.2) is 44.7 Å². The second-order valence-corrected chi connectivity index (χ2v) is 5.22. The van der Waals surface area contributed by atoms with E-state index in [9.17, 15) is 8.78 Å². The highest BCUT2D eigenvalue weighted by Crippen LogP contribution is 2.37. The summed E-state index contributed by atoms with van der Waals surface area (Å²) in [6, 6.07) is 5.15. The van der Waals surface area contributed by atoms with Crippen molar-refractivity contribution < 1.29 is 13.5 Å². The molecule has 1 aromatic carbocycles. The zero-order chi connectivity index (χ0) is 14.6. The summed E-state index contributed by atoms with van der Waals surface area (Å²) >= 11 is 0. The first kappa shape index (κ1) is 15.2. The number of hydrogen-bond donors (Lipinski definition) is 1. The molecule has 112 valence electrons. The van der Waals surface area contributed by atoms with Crippen LogP contribution in [0.1, 0.15) is 18.1 Å². The van der Waals surface area contributed by atoms with Gasteiger partial charge in [0.15, 0.2) is 0 Å². The van der Waals surface area contributed by atoms with Crippen molar-refractivity contribution in [1.82, 2.24) is 10.2 Å². The third kappa shape index (κ3) is 3.67. The van der Waals surface area contributed by atoms with E-state index in [0.717, 1.165) is 39.6 Å². The van der Waals surface area contributed by atoms with Crippen molar-refractivity contribution in [2.24, 2.45) is 0 Å². The minimum atomic E-state index is -2.88. The maximum atomic E-state index is 13.8. The van der Waals surface area contributed by atoms with Gasteiger partial charge in [0, 0.05) is 39.6 Å². The Kier molecular flexibility index (Phi) is 4.94. The standard InChI is InChI=1S/C15H22F2N2O/c1-15(16,17)14-12(4-3-5-13(14)20-2)6-9-19-10-7-18-8-11-19/h3-5,18H,6-11H2,1-2H3. The molecule has 1 aliphatic rings. The van der Waals surface area contributed by atoms with Crippen molar-refractivity contribution in [2.45, 2.75) is 19.3 Å². The summed E-state index contributed by atoms with van der Waals surface area (Å²) < 4.78 is 32.7. The molecule has 20 heavy (non-hydrogen) atoms. The second-order valence-electron chi connectivity index (χ2n) is 5.22. The summed E-state index contributed by atoms with van der Waals surface area (Å²) in [6.07, 6.45) is 0.621. The summed E-state index contributed by atoms with van der Waals surface area (Å²) in [5.41, 5.74) is 0.702. The molecule has 1 fully saturated rings. The van der Waals surface area contributed by atoms with E-state index in [1.165, 1.54) is 7.11 Å². The van der Waals surface area contributed by atoms with Crippen LogP contribution in [0.4, 0.5) is 8.78 Å². The summed E-state index contributed by atoms with van der Waals surface area (Å²) in [7, 11) is 1.44. The van der Waals surface area contributed by atoms with Gasteiger partial charge in [-0.2, -0.15) is 0 Å². The van der Waals surface area contributed by atoms with Gasteiger partial charge in [0.2, 0.25) is 0 Å². The molecule has 0 radical (unpaired) electrons. The van der Waals surface area contributed by atoms with Crippen LogP contribution in [0, 0.1) is 0 Å². The number of nitrogens with one attached hydrogen (secondary N) is 1. The van der Waals surface area contributed by atoms with Crippen LogP contribution in [-0.2, 0) is 12.3 Å². The van der Waals surface area contributed by atoms with Crippen LogP contribution in [0.15, 0.2) is 18.2 Å². The first-order chi connectivity index (χ1) is 9.52. The van der Waals surface area contributed by atoms with Gasteiger partial charge in [0.1, 0.15) is 5.75 Å². The normalized spacial score (nSPS) is 17.2. The van der Waals surface area contributed by atoms with E-state index >= 15 is 0 Å². The first-order valence-corrected chi connectivity index (χ1v) is 6.99. The van der Waals surface area contributed by atoms with E-state index in [-0.39, 0.29) is 11.3 Å². The van der Waals surface area contributed by atoms with E-state index < -0.39 is 5.92 Å². The third-order valence-corrected chi connectivity index (χ3v) is 3.68. The molecular formula is C15H22F2N2O. The number of alkyl halides is 2. The number of hydrogen-bond acceptors (Lipinski definition) is 3. The van der Waals surface area contributed by atoms with E-state index in [0.29, 0.717) is 12.0 Å². The molecule has 0 bridgehead atoms. The van der Waals surface area contributed by atoms with Crippen molar-refractivity contribution in [2.75, 3.05) is 39.8 Å². The largest absolute Gasteiger partial charge is 0.496 e. The Hall–Kier alpha value is -1.20. The first-order valence-electron chi connectivity index (χ1n) is 6.99. The van der Waals surface area contributed by atoms with Gasteiger partial charge in [-0.25, -0.2) is 8.78 Å². The molecule has 1 aromatic rings. The van der Waals surface area contributed by atoms with Gasteiger partial charge >= 0.3 is 0 Å². The van der Waals surface area contributed by atoms with Gasteiger partial charge in [-0.1, -0.05) is 12.1 Å². The zero-order valence-corrected chi connectivity index (χ0v) is 12.1. The Balaban J connectivity index is 2.14. The molecule has 3 nitrogen and oxygen atoms in total. The molecule has 0 atom stereocenters. The third-order valence-electron chi connectivity index (χ3n) is 3.68. The van der Waals surface area contributed by atoms with Crippen molar-refractivity contribution in [1.29, 1.82) is 0 Å². The number of methoxy groups -OCH3 is 1. The second kappa shape index (κ2) is 6.50. The average Bonchev–Trinajstić information content (AvgIpc) is 2.44. The molecule has 0 aliphatic carbocycles. The summed E-state index contributed by atoms with van der Waals surface area (Å²) in [6.45, 7) is 5.62. The number of halogens is 2. The molecular weight excluding hydrogens is 262 g/mol. The fraction of sp³-hybridized carbons (Fsp3) is 0.600. The smallest absolute Gasteiger partial charge is 0.274 e. The van der Waals surface area contributed by atoms with Gasteiger partial charge < -0.3 is 15.0 Å². The molecule has 5 heteroatoms. The fourth-order valence-corrected chi connectivity index (χ4v) is 2.67. The van der Waals surface area contributed by atoms with Crippen molar-refractivity contribution in [3.63, 3.8) is 0 Å². The molecule has 1 N–H and O–H groups in total. The monoisotopic (exact) mass is 284 g/mol. The Morgan fingerprint density at radius 1 is 1.30 bits per heavy atom. The molecule has 1 heterocycles. The van der Waals surface area contributed by atoms with Gasteiger partial charge in [-0.05, 0) is 18.1 Å². The van der Waals surface area contributed by atoms with Crippen LogP contribution in [0.2, 0.25) is 0 Å². The Morgan fingerprint density at radius 3 is 2.60 bits per heavy atom. The van der Waals surface area contributed by atoms with Crippen molar-refractivity contribution >= 4 is 0 Å². The van der Waals surface area contributed by atoms with E-state index in [2.05, 4.69) is 10.2 Å². The minimum absolute atomic E-state index is 0.0256.